The molecule has 2 heterocycles. The Labute approximate surface area is 120 Å². The van der Waals surface area contributed by atoms with E-state index < -0.39 is 11.7 Å². The summed E-state index contributed by atoms with van der Waals surface area (Å²) in [6.07, 6.45) is -1.92. The van der Waals surface area contributed by atoms with Crippen LogP contribution in [0.3, 0.4) is 0 Å². The lowest BCUT2D eigenvalue weighted by atomic mass is 9.98. The third-order valence-corrected chi connectivity index (χ3v) is 4.27. The molecule has 0 aliphatic carbocycles. The van der Waals surface area contributed by atoms with E-state index in [4.69, 9.17) is 0 Å². The molecule has 2 fully saturated rings. The van der Waals surface area contributed by atoms with Crippen molar-refractivity contribution in [1.82, 2.24) is 0 Å². The first-order valence-electron chi connectivity index (χ1n) is 6.81. The highest BCUT2D eigenvalue weighted by molar-refractivity contribution is 5.83. The summed E-state index contributed by atoms with van der Waals surface area (Å²) in [7, 11) is 0. The Morgan fingerprint density at radius 3 is 2.33 bits per heavy atom. The minimum Gasteiger partial charge on any atom is -0.364 e. The van der Waals surface area contributed by atoms with Crippen LogP contribution in [0.25, 0.3) is 0 Å². The molecule has 0 aromatic heterocycles. The molecule has 2 bridgehead atoms. The molecule has 6 heteroatoms. The topological polar surface area (TPSA) is 44.1 Å². The first kappa shape index (κ1) is 13.9. The number of ketones is 1. The van der Waals surface area contributed by atoms with Gasteiger partial charge >= 0.3 is 6.18 Å². The van der Waals surface area contributed by atoms with Gasteiger partial charge in [-0.05, 0) is 31.0 Å². The standard InChI is InChI=1S/C15H13F3N2O/c16-15(17,18)10-1-4-14(9(5-10)8-19)20-11-2-3-12(20)7-13(21)6-11/h1,4-5,11-12H,2-3,6-7H2. The van der Waals surface area contributed by atoms with Gasteiger partial charge in [-0.3, -0.25) is 4.79 Å². The molecule has 2 atom stereocenters. The van der Waals surface area contributed by atoms with Gasteiger partial charge < -0.3 is 4.90 Å². The summed E-state index contributed by atoms with van der Waals surface area (Å²) in [4.78, 5) is 13.6. The summed E-state index contributed by atoms with van der Waals surface area (Å²) in [6, 6.07) is 5.15. The van der Waals surface area contributed by atoms with Crippen molar-refractivity contribution in [2.75, 3.05) is 4.90 Å². The van der Waals surface area contributed by atoms with Crippen LogP contribution >= 0.6 is 0 Å². The number of carbonyl (C=O) groups is 1. The second-order valence-electron chi connectivity index (χ2n) is 5.58. The molecule has 0 spiro atoms. The Hall–Kier alpha value is -2.03. The van der Waals surface area contributed by atoms with Crippen LogP contribution in [0, 0.1) is 11.3 Å². The summed E-state index contributed by atoms with van der Waals surface area (Å²) < 4.78 is 38.2. The molecule has 2 aliphatic heterocycles. The Bertz CT molecular complexity index is 617. The summed E-state index contributed by atoms with van der Waals surface area (Å²) in [5.41, 5.74) is -0.273. The highest BCUT2D eigenvalue weighted by Crippen LogP contribution is 2.40. The van der Waals surface area contributed by atoms with Crippen LogP contribution in [-0.4, -0.2) is 17.9 Å². The minimum atomic E-state index is -4.46. The molecule has 3 nitrogen and oxygen atoms in total. The van der Waals surface area contributed by atoms with Crippen molar-refractivity contribution in [2.24, 2.45) is 0 Å². The van der Waals surface area contributed by atoms with E-state index in [9.17, 15) is 23.2 Å². The van der Waals surface area contributed by atoms with Crippen LogP contribution in [0.1, 0.15) is 36.8 Å². The van der Waals surface area contributed by atoms with E-state index in [1.165, 1.54) is 6.07 Å². The van der Waals surface area contributed by atoms with E-state index in [-0.39, 0.29) is 23.4 Å². The third kappa shape index (κ3) is 2.37. The monoisotopic (exact) mass is 294 g/mol. The number of hydrogen-bond donors (Lipinski definition) is 0. The van der Waals surface area contributed by atoms with Gasteiger partial charge in [0.1, 0.15) is 11.9 Å². The number of piperidine rings is 1. The smallest absolute Gasteiger partial charge is 0.364 e. The average Bonchev–Trinajstić information content (AvgIpc) is 2.68. The largest absolute Gasteiger partial charge is 0.416 e. The van der Waals surface area contributed by atoms with Crippen LogP contribution in [0.2, 0.25) is 0 Å². The molecule has 0 radical (unpaired) electrons. The van der Waals surface area contributed by atoms with Gasteiger partial charge in [0, 0.05) is 24.9 Å². The molecule has 1 aromatic rings. The third-order valence-electron chi connectivity index (χ3n) is 4.27. The maximum Gasteiger partial charge on any atom is 0.416 e. The normalized spacial score (nSPS) is 25.0. The quantitative estimate of drug-likeness (QED) is 0.798. The van der Waals surface area contributed by atoms with Crippen LogP contribution in [0.15, 0.2) is 18.2 Å². The summed E-state index contributed by atoms with van der Waals surface area (Å²) in [5, 5.41) is 9.17. The van der Waals surface area contributed by atoms with Gasteiger partial charge in [0.25, 0.3) is 0 Å². The zero-order chi connectivity index (χ0) is 15.2. The first-order chi connectivity index (χ1) is 9.90. The number of nitrogens with zero attached hydrogens (tertiary/aromatic N) is 2. The molecule has 0 amide bonds. The molecular weight excluding hydrogens is 281 g/mol. The van der Waals surface area contributed by atoms with Gasteiger partial charge in [-0.15, -0.1) is 0 Å². The first-order valence-corrected chi connectivity index (χ1v) is 6.81. The van der Waals surface area contributed by atoms with Gasteiger partial charge in [-0.2, -0.15) is 18.4 Å². The van der Waals surface area contributed by atoms with E-state index in [1.54, 1.807) is 0 Å². The Morgan fingerprint density at radius 1 is 1.19 bits per heavy atom. The van der Waals surface area contributed by atoms with Crippen molar-refractivity contribution in [3.63, 3.8) is 0 Å². The van der Waals surface area contributed by atoms with Crippen LogP contribution in [0.4, 0.5) is 18.9 Å². The number of nitriles is 1. The summed E-state index contributed by atoms with van der Waals surface area (Å²) in [6.45, 7) is 0. The molecule has 110 valence electrons. The Morgan fingerprint density at radius 2 is 1.81 bits per heavy atom. The Balaban J connectivity index is 2.00. The van der Waals surface area contributed by atoms with Gasteiger partial charge in [-0.25, -0.2) is 0 Å². The second kappa shape index (κ2) is 4.76. The predicted molar refractivity (Wildman–Crippen MR) is 69.7 cm³/mol. The Kier molecular flexibility index (Phi) is 3.16. The van der Waals surface area contributed by atoms with Crippen molar-refractivity contribution < 1.29 is 18.0 Å². The number of anilines is 1. The summed E-state index contributed by atoms with van der Waals surface area (Å²) >= 11 is 0. The van der Waals surface area contributed by atoms with E-state index in [2.05, 4.69) is 0 Å². The number of alkyl halides is 3. The van der Waals surface area contributed by atoms with E-state index in [0.29, 0.717) is 18.5 Å². The van der Waals surface area contributed by atoms with Crippen molar-refractivity contribution in [3.05, 3.63) is 29.3 Å². The van der Waals surface area contributed by atoms with E-state index >= 15 is 0 Å². The fourth-order valence-corrected chi connectivity index (χ4v) is 3.39. The SMILES string of the molecule is N#Cc1cc(C(F)(F)F)ccc1N1C2CCC1CC(=O)C2. The number of rotatable bonds is 1. The van der Waals surface area contributed by atoms with Crippen molar-refractivity contribution in [2.45, 2.75) is 43.9 Å². The summed E-state index contributed by atoms with van der Waals surface area (Å²) in [5.74, 6) is 0.198. The number of Topliss-reactive ketones (excluding diaryl/α,β-unsaturated/α-hetero) is 1. The molecule has 2 aliphatic rings. The zero-order valence-electron chi connectivity index (χ0n) is 11.2. The van der Waals surface area contributed by atoms with E-state index in [1.807, 2.05) is 11.0 Å². The molecule has 2 unspecified atom stereocenters. The molecule has 0 saturated carbocycles. The van der Waals surface area contributed by atoms with Crippen molar-refractivity contribution in [1.29, 1.82) is 5.26 Å². The van der Waals surface area contributed by atoms with Gasteiger partial charge in [0.2, 0.25) is 0 Å². The van der Waals surface area contributed by atoms with Gasteiger partial charge in [0.15, 0.2) is 0 Å². The molecule has 3 rings (SSSR count). The molecule has 21 heavy (non-hydrogen) atoms. The van der Waals surface area contributed by atoms with Crippen molar-refractivity contribution in [3.8, 4) is 6.07 Å². The maximum absolute atomic E-state index is 12.7. The number of hydrogen-bond acceptors (Lipinski definition) is 3. The predicted octanol–water partition coefficient (Wildman–Crippen LogP) is 3.28. The van der Waals surface area contributed by atoms with Crippen LogP contribution in [-0.2, 0) is 11.0 Å². The lowest BCUT2D eigenvalue weighted by Crippen LogP contribution is -2.43. The van der Waals surface area contributed by atoms with Gasteiger partial charge in [-0.1, -0.05) is 0 Å². The highest BCUT2D eigenvalue weighted by Gasteiger charge is 2.41. The highest BCUT2D eigenvalue weighted by atomic mass is 19.4. The second-order valence-corrected chi connectivity index (χ2v) is 5.58. The lowest BCUT2D eigenvalue weighted by molar-refractivity contribution is -0.137. The maximum atomic E-state index is 12.7. The molecular formula is C15H13F3N2O. The number of halogens is 3. The number of carbonyl (C=O) groups excluding carboxylic acids is 1. The number of fused-ring (bicyclic) bond motifs is 2. The van der Waals surface area contributed by atoms with Gasteiger partial charge in [0.05, 0.1) is 16.8 Å². The fourth-order valence-electron chi connectivity index (χ4n) is 3.39. The van der Waals surface area contributed by atoms with Crippen molar-refractivity contribution >= 4 is 11.5 Å². The zero-order valence-corrected chi connectivity index (χ0v) is 11.2. The lowest BCUT2D eigenvalue weighted by Gasteiger charge is -2.36. The van der Waals surface area contributed by atoms with E-state index in [0.717, 1.165) is 25.0 Å². The number of benzene rings is 1. The fraction of sp³-hybridized carbons (Fsp3) is 0.467. The molecule has 0 N–H and O–H groups in total. The van der Waals surface area contributed by atoms with Crippen LogP contribution < -0.4 is 4.90 Å². The molecule has 1 aromatic carbocycles. The average molecular weight is 294 g/mol. The van der Waals surface area contributed by atoms with Crippen LogP contribution in [0.5, 0.6) is 0 Å². The molecule has 2 saturated heterocycles. The minimum absolute atomic E-state index is 0.0140.